The van der Waals surface area contributed by atoms with Crippen molar-refractivity contribution in [1.82, 2.24) is 10.2 Å². The molecule has 1 aliphatic rings. The van der Waals surface area contributed by atoms with Crippen LogP contribution >= 0.6 is 0 Å². The number of nitrogens with zero attached hydrogens (tertiary/aromatic N) is 1. The van der Waals surface area contributed by atoms with Gasteiger partial charge in [-0.2, -0.15) is 0 Å². The first-order valence-corrected chi connectivity index (χ1v) is 8.59. The van der Waals surface area contributed by atoms with Crippen molar-refractivity contribution >= 4 is 0 Å². The number of hydrogen-bond acceptors (Lipinski definition) is 3. The first-order valence-electron chi connectivity index (χ1n) is 8.59. The van der Waals surface area contributed by atoms with Gasteiger partial charge in [0.05, 0.1) is 6.54 Å². The number of nitrogens with one attached hydrogen (secondary N) is 1. The third-order valence-electron chi connectivity index (χ3n) is 4.49. The standard InChI is InChI=1S/C18H32N2O/c1-14(2)11-19-12-17-10-18(21-16(17)4)13-20-9-7-5-6-8-15(20)3/h10,14-15,19H,5-9,11-13H2,1-4H3. The van der Waals surface area contributed by atoms with E-state index in [1.54, 1.807) is 0 Å². The molecule has 1 fully saturated rings. The van der Waals surface area contributed by atoms with Crippen molar-refractivity contribution in [2.45, 2.75) is 72.5 Å². The molecule has 2 heterocycles. The van der Waals surface area contributed by atoms with Crippen LogP contribution < -0.4 is 5.32 Å². The monoisotopic (exact) mass is 292 g/mol. The van der Waals surface area contributed by atoms with E-state index in [1.165, 1.54) is 37.8 Å². The minimum atomic E-state index is 0.681. The van der Waals surface area contributed by atoms with Crippen molar-refractivity contribution < 1.29 is 4.42 Å². The number of rotatable bonds is 6. The molecule has 0 saturated carbocycles. The first-order chi connectivity index (χ1) is 10.1. The van der Waals surface area contributed by atoms with Crippen LogP contribution in [0.4, 0.5) is 0 Å². The Labute approximate surface area is 130 Å². The topological polar surface area (TPSA) is 28.4 Å². The van der Waals surface area contributed by atoms with Gasteiger partial charge in [-0.15, -0.1) is 0 Å². The number of furan rings is 1. The highest BCUT2D eigenvalue weighted by atomic mass is 16.3. The lowest BCUT2D eigenvalue weighted by atomic mass is 10.1. The lowest BCUT2D eigenvalue weighted by Gasteiger charge is -2.25. The van der Waals surface area contributed by atoms with E-state index in [2.05, 4.69) is 44.0 Å². The molecular weight excluding hydrogens is 260 g/mol. The normalized spacial score (nSPS) is 20.9. The zero-order valence-corrected chi connectivity index (χ0v) is 14.2. The van der Waals surface area contributed by atoms with Gasteiger partial charge < -0.3 is 9.73 Å². The molecule has 0 amide bonds. The van der Waals surface area contributed by atoms with Crippen molar-refractivity contribution in [2.75, 3.05) is 13.1 Å². The summed E-state index contributed by atoms with van der Waals surface area (Å²) in [7, 11) is 0. The highest BCUT2D eigenvalue weighted by Crippen LogP contribution is 2.21. The van der Waals surface area contributed by atoms with E-state index in [4.69, 9.17) is 4.42 Å². The summed E-state index contributed by atoms with van der Waals surface area (Å²) in [4.78, 5) is 2.58. The van der Waals surface area contributed by atoms with Crippen LogP contribution in [0, 0.1) is 12.8 Å². The van der Waals surface area contributed by atoms with E-state index in [0.717, 1.165) is 31.2 Å². The second kappa shape index (κ2) is 8.00. The van der Waals surface area contributed by atoms with Gasteiger partial charge in [-0.25, -0.2) is 0 Å². The minimum absolute atomic E-state index is 0.681. The molecule has 21 heavy (non-hydrogen) atoms. The number of likely N-dealkylation sites (tertiary alicyclic amines) is 1. The molecule has 1 atom stereocenters. The van der Waals surface area contributed by atoms with E-state index in [1.807, 2.05) is 0 Å². The molecule has 0 spiro atoms. The molecule has 120 valence electrons. The van der Waals surface area contributed by atoms with Gasteiger partial charge in [0, 0.05) is 18.2 Å². The highest BCUT2D eigenvalue weighted by Gasteiger charge is 2.19. The molecule has 1 aromatic rings. The lowest BCUT2D eigenvalue weighted by molar-refractivity contribution is 0.188. The largest absolute Gasteiger partial charge is 0.465 e. The number of hydrogen-bond donors (Lipinski definition) is 1. The minimum Gasteiger partial charge on any atom is -0.465 e. The molecule has 1 N–H and O–H groups in total. The van der Waals surface area contributed by atoms with E-state index in [0.29, 0.717) is 12.0 Å². The summed E-state index contributed by atoms with van der Waals surface area (Å²) in [5.74, 6) is 2.89. The van der Waals surface area contributed by atoms with Crippen molar-refractivity contribution in [3.8, 4) is 0 Å². The molecule has 2 rings (SSSR count). The Hall–Kier alpha value is -0.800. The lowest BCUT2D eigenvalue weighted by Crippen LogP contribution is -2.31. The molecule has 0 aliphatic carbocycles. The van der Waals surface area contributed by atoms with E-state index in [9.17, 15) is 0 Å². The predicted molar refractivity (Wildman–Crippen MR) is 88.3 cm³/mol. The fourth-order valence-electron chi connectivity index (χ4n) is 3.11. The van der Waals surface area contributed by atoms with E-state index in [-0.39, 0.29) is 0 Å². The average Bonchev–Trinajstić information content (AvgIpc) is 2.63. The van der Waals surface area contributed by atoms with Gasteiger partial charge in [-0.1, -0.05) is 26.7 Å². The van der Waals surface area contributed by atoms with Crippen molar-refractivity contribution in [3.63, 3.8) is 0 Å². The summed E-state index contributed by atoms with van der Waals surface area (Å²) in [6, 6.07) is 2.93. The summed E-state index contributed by atoms with van der Waals surface area (Å²) < 4.78 is 5.98. The van der Waals surface area contributed by atoms with Crippen LogP contribution in [0.15, 0.2) is 10.5 Å². The van der Waals surface area contributed by atoms with Gasteiger partial charge >= 0.3 is 0 Å². The van der Waals surface area contributed by atoms with Gasteiger partial charge in [0.25, 0.3) is 0 Å². The molecule has 0 aromatic carbocycles. The van der Waals surface area contributed by atoms with Crippen molar-refractivity contribution in [2.24, 2.45) is 5.92 Å². The fourth-order valence-corrected chi connectivity index (χ4v) is 3.11. The fraction of sp³-hybridized carbons (Fsp3) is 0.778. The van der Waals surface area contributed by atoms with Gasteiger partial charge in [0.1, 0.15) is 11.5 Å². The Morgan fingerprint density at radius 1 is 1.33 bits per heavy atom. The van der Waals surface area contributed by atoms with Crippen molar-refractivity contribution in [1.29, 1.82) is 0 Å². The third-order valence-corrected chi connectivity index (χ3v) is 4.49. The molecule has 0 radical (unpaired) electrons. The predicted octanol–water partition coefficient (Wildman–Crippen LogP) is 4.10. The Morgan fingerprint density at radius 3 is 2.90 bits per heavy atom. The summed E-state index contributed by atoms with van der Waals surface area (Å²) >= 11 is 0. The maximum Gasteiger partial charge on any atom is 0.118 e. The molecule has 3 heteroatoms. The van der Waals surface area contributed by atoms with E-state index < -0.39 is 0 Å². The molecule has 3 nitrogen and oxygen atoms in total. The average molecular weight is 292 g/mol. The van der Waals surface area contributed by atoms with Crippen LogP contribution in [0.5, 0.6) is 0 Å². The maximum atomic E-state index is 5.98. The zero-order chi connectivity index (χ0) is 15.2. The molecule has 1 unspecified atom stereocenters. The Morgan fingerprint density at radius 2 is 2.14 bits per heavy atom. The smallest absolute Gasteiger partial charge is 0.118 e. The molecule has 0 bridgehead atoms. The molecule has 1 aliphatic heterocycles. The van der Waals surface area contributed by atoms with Crippen LogP contribution in [0.1, 0.15) is 63.5 Å². The van der Waals surface area contributed by atoms with Gasteiger partial charge in [-0.3, -0.25) is 4.90 Å². The van der Waals surface area contributed by atoms with Gasteiger partial charge in [0.15, 0.2) is 0 Å². The summed E-state index contributed by atoms with van der Waals surface area (Å²) in [5.41, 5.74) is 1.31. The Balaban J connectivity index is 1.91. The second-order valence-electron chi connectivity index (χ2n) is 6.99. The van der Waals surface area contributed by atoms with Crippen LogP contribution in [0.25, 0.3) is 0 Å². The Bertz CT molecular complexity index is 425. The van der Waals surface area contributed by atoms with Crippen LogP contribution in [-0.2, 0) is 13.1 Å². The summed E-state index contributed by atoms with van der Waals surface area (Å²) in [6.07, 6.45) is 5.40. The van der Waals surface area contributed by atoms with Crippen LogP contribution in [-0.4, -0.2) is 24.0 Å². The number of aryl methyl sites for hydroxylation is 1. The Kier molecular flexibility index (Phi) is 6.31. The quantitative estimate of drug-likeness (QED) is 0.855. The van der Waals surface area contributed by atoms with Crippen LogP contribution in [0.2, 0.25) is 0 Å². The first kappa shape index (κ1) is 16.6. The maximum absolute atomic E-state index is 5.98. The SMILES string of the molecule is Cc1oc(CN2CCCCCC2C)cc1CNCC(C)C. The molecular formula is C18H32N2O. The van der Waals surface area contributed by atoms with Crippen LogP contribution in [0.3, 0.4) is 0 Å². The highest BCUT2D eigenvalue weighted by molar-refractivity contribution is 5.20. The molecule has 1 aromatic heterocycles. The summed E-state index contributed by atoms with van der Waals surface area (Å²) in [5, 5.41) is 3.50. The summed E-state index contributed by atoms with van der Waals surface area (Å²) in [6.45, 7) is 13.1. The van der Waals surface area contributed by atoms with E-state index >= 15 is 0 Å². The zero-order valence-electron chi connectivity index (χ0n) is 14.2. The van der Waals surface area contributed by atoms with Gasteiger partial charge in [0.2, 0.25) is 0 Å². The van der Waals surface area contributed by atoms with Gasteiger partial charge in [-0.05, 0) is 51.8 Å². The second-order valence-corrected chi connectivity index (χ2v) is 6.99. The molecule has 1 saturated heterocycles. The third kappa shape index (κ3) is 5.15. The van der Waals surface area contributed by atoms with Crippen molar-refractivity contribution in [3.05, 3.63) is 23.2 Å².